The third-order valence-corrected chi connectivity index (χ3v) is 5.70. The van der Waals surface area contributed by atoms with E-state index in [9.17, 15) is 9.59 Å². The molecule has 5 nitrogen and oxygen atoms in total. The van der Waals surface area contributed by atoms with Gasteiger partial charge in [0.2, 0.25) is 5.91 Å². The van der Waals surface area contributed by atoms with E-state index in [-0.39, 0.29) is 23.3 Å². The van der Waals surface area contributed by atoms with Gasteiger partial charge < -0.3 is 10.3 Å². The van der Waals surface area contributed by atoms with Crippen molar-refractivity contribution in [3.8, 4) is 0 Å². The molecule has 0 aromatic carbocycles. The number of carbonyl (C=O) groups excluding carboxylic acids is 1. The normalized spacial score (nSPS) is 28.5. The van der Waals surface area contributed by atoms with E-state index in [4.69, 9.17) is 0 Å². The van der Waals surface area contributed by atoms with Gasteiger partial charge in [-0.25, -0.2) is 4.98 Å². The minimum Gasteiger partial charge on any atom is -0.353 e. The van der Waals surface area contributed by atoms with Crippen molar-refractivity contribution in [3.63, 3.8) is 0 Å². The van der Waals surface area contributed by atoms with Crippen LogP contribution >= 0.6 is 11.8 Å². The molecule has 21 heavy (non-hydrogen) atoms. The number of hydrogen-bond donors (Lipinski definition) is 2. The smallest absolute Gasteiger partial charge is 0.251 e. The lowest BCUT2D eigenvalue weighted by molar-refractivity contribution is -0.119. The summed E-state index contributed by atoms with van der Waals surface area (Å²) in [5.41, 5.74) is -0.191. The first-order valence-electron chi connectivity index (χ1n) is 7.59. The van der Waals surface area contributed by atoms with E-state index in [0.717, 1.165) is 11.8 Å². The topological polar surface area (TPSA) is 74.8 Å². The maximum absolute atomic E-state index is 12.0. The lowest BCUT2D eigenvalue weighted by Gasteiger charge is -2.28. The van der Waals surface area contributed by atoms with Gasteiger partial charge in [0, 0.05) is 18.3 Å². The molecule has 0 saturated heterocycles. The molecule has 1 heterocycles. The van der Waals surface area contributed by atoms with Crippen molar-refractivity contribution in [2.45, 2.75) is 43.8 Å². The molecule has 2 N–H and O–H groups in total. The monoisotopic (exact) mass is 307 g/mol. The molecule has 0 spiro atoms. The van der Waals surface area contributed by atoms with Gasteiger partial charge in [0.1, 0.15) is 0 Å². The largest absolute Gasteiger partial charge is 0.353 e. The van der Waals surface area contributed by atoms with Crippen LogP contribution in [0.15, 0.2) is 22.2 Å². The molecule has 2 saturated carbocycles. The Hall–Kier alpha value is -1.30. The molecule has 1 amide bonds. The second-order valence-electron chi connectivity index (χ2n) is 6.22. The van der Waals surface area contributed by atoms with Gasteiger partial charge in [0.05, 0.1) is 5.75 Å². The van der Waals surface area contributed by atoms with Crippen molar-refractivity contribution in [3.05, 3.63) is 22.6 Å². The number of nitrogens with zero attached hydrogens (tertiary/aromatic N) is 1. The fraction of sp³-hybridized carbons (Fsp3) is 0.667. The molecule has 4 atom stereocenters. The maximum Gasteiger partial charge on any atom is 0.251 e. The van der Waals surface area contributed by atoms with Crippen LogP contribution in [0.5, 0.6) is 0 Å². The Balaban J connectivity index is 1.47. The average molecular weight is 307 g/mol. The van der Waals surface area contributed by atoms with E-state index in [0.29, 0.717) is 11.1 Å². The number of aromatic nitrogens is 2. The van der Waals surface area contributed by atoms with Crippen LogP contribution < -0.4 is 10.9 Å². The summed E-state index contributed by atoms with van der Waals surface area (Å²) in [4.78, 5) is 29.8. The molecule has 0 radical (unpaired) electrons. The number of hydrogen-bond acceptors (Lipinski definition) is 4. The van der Waals surface area contributed by atoms with E-state index in [1.807, 2.05) is 0 Å². The van der Waals surface area contributed by atoms with Crippen molar-refractivity contribution in [2.24, 2.45) is 17.8 Å². The summed E-state index contributed by atoms with van der Waals surface area (Å²) in [5, 5.41) is 3.60. The van der Waals surface area contributed by atoms with Crippen LogP contribution in [0.4, 0.5) is 0 Å². The fourth-order valence-electron chi connectivity index (χ4n) is 3.87. The van der Waals surface area contributed by atoms with Gasteiger partial charge in [0.25, 0.3) is 5.56 Å². The Kier molecular flexibility index (Phi) is 4.33. The van der Waals surface area contributed by atoms with Crippen LogP contribution in [0.25, 0.3) is 0 Å². The number of carbonyl (C=O) groups is 1. The number of nitrogens with one attached hydrogen (secondary N) is 2. The molecule has 2 aliphatic rings. The van der Waals surface area contributed by atoms with Crippen molar-refractivity contribution in [2.75, 3.05) is 5.75 Å². The number of rotatable bonds is 5. The Morgan fingerprint density at radius 1 is 1.52 bits per heavy atom. The Bertz CT molecular complexity index is 574. The maximum atomic E-state index is 12.0. The van der Waals surface area contributed by atoms with Gasteiger partial charge in [-0.3, -0.25) is 9.59 Å². The van der Waals surface area contributed by atoms with Gasteiger partial charge in [-0.1, -0.05) is 18.2 Å². The Morgan fingerprint density at radius 3 is 3.05 bits per heavy atom. The van der Waals surface area contributed by atoms with Crippen LogP contribution in [0.1, 0.15) is 32.6 Å². The summed E-state index contributed by atoms with van der Waals surface area (Å²) in [6.07, 6.45) is 6.79. The highest BCUT2D eigenvalue weighted by Crippen LogP contribution is 2.49. The summed E-state index contributed by atoms with van der Waals surface area (Å²) >= 11 is 1.26. The average Bonchev–Trinajstić information content (AvgIpc) is 3.08. The fourth-order valence-corrected chi connectivity index (χ4v) is 4.53. The second-order valence-corrected chi connectivity index (χ2v) is 7.19. The summed E-state index contributed by atoms with van der Waals surface area (Å²) < 4.78 is 0. The minimum atomic E-state index is -0.191. The van der Waals surface area contributed by atoms with Crippen LogP contribution in [0, 0.1) is 17.8 Å². The lowest BCUT2D eigenvalue weighted by atomic mass is 9.84. The molecule has 2 bridgehead atoms. The van der Waals surface area contributed by atoms with Gasteiger partial charge in [-0.15, -0.1) is 0 Å². The SMILES string of the molecule is C[C@@H](NC(=O)CSc1nccc(=O)[nH]1)[C@@H]1C[C@H]2CC[C@H]1C2. The first-order valence-corrected chi connectivity index (χ1v) is 8.58. The molecular formula is C15H21N3O2S. The van der Waals surface area contributed by atoms with Crippen molar-refractivity contribution >= 4 is 17.7 Å². The molecule has 3 rings (SSSR count). The van der Waals surface area contributed by atoms with Crippen molar-refractivity contribution < 1.29 is 4.79 Å². The molecule has 0 unspecified atom stereocenters. The van der Waals surface area contributed by atoms with Crippen LogP contribution in [-0.2, 0) is 4.79 Å². The number of thioether (sulfide) groups is 1. The molecule has 1 aromatic rings. The van der Waals surface area contributed by atoms with Crippen LogP contribution in [0.3, 0.4) is 0 Å². The summed E-state index contributed by atoms with van der Waals surface area (Å²) in [7, 11) is 0. The number of H-pyrrole nitrogens is 1. The zero-order valence-corrected chi connectivity index (χ0v) is 13.0. The van der Waals surface area contributed by atoms with Crippen LogP contribution in [-0.4, -0.2) is 27.7 Å². The Labute approximate surface area is 128 Å². The highest BCUT2D eigenvalue weighted by Gasteiger charge is 2.42. The van der Waals surface area contributed by atoms with Crippen LogP contribution in [0.2, 0.25) is 0 Å². The van der Waals surface area contributed by atoms with Crippen molar-refractivity contribution in [1.29, 1.82) is 0 Å². The summed E-state index contributed by atoms with van der Waals surface area (Å²) in [6.45, 7) is 2.12. The molecule has 1 aromatic heterocycles. The number of fused-ring (bicyclic) bond motifs is 2. The molecule has 2 fully saturated rings. The third-order valence-electron chi connectivity index (χ3n) is 4.81. The first kappa shape index (κ1) is 14.6. The highest BCUT2D eigenvalue weighted by atomic mass is 32.2. The number of amides is 1. The van der Waals surface area contributed by atoms with E-state index in [2.05, 4.69) is 22.2 Å². The van der Waals surface area contributed by atoms with Gasteiger partial charge >= 0.3 is 0 Å². The summed E-state index contributed by atoms with van der Waals surface area (Å²) in [5.74, 6) is 2.66. The van der Waals surface area contributed by atoms with Gasteiger partial charge in [-0.05, 0) is 43.9 Å². The third kappa shape index (κ3) is 3.48. The predicted octanol–water partition coefficient (Wildman–Crippen LogP) is 1.80. The molecular weight excluding hydrogens is 286 g/mol. The summed E-state index contributed by atoms with van der Waals surface area (Å²) in [6, 6.07) is 1.61. The van der Waals surface area contributed by atoms with E-state index >= 15 is 0 Å². The van der Waals surface area contributed by atoms with E-state index in [1.54, 1.807) is 0 Å². The van der Waals surface area contributed by atoms with E-state index in [1.165, 1.54) is 49.7 Å². The quantitative estimate of drug-likeness (QED) is 0.642. The van der Waals surface area contributed by atoms with Crippen molar-refractivity contribution in [1.82, 2.24) is 15.3 Å². The van der Waals surface area contributed by atoms with Gasteiger partial charge in [0.15, 0.2) is 5.16 Å². The molecule has 114 valence electrons. The molecule has 0 aliphatic heterocycles. The van der Waals surface area contributed by atoms with Gasteiger partial charge in [-0.2, -0.15) is 0 Å². The van der Waals surface area contributed by atoms with E-state index < -0.39 is 0 Å². The lowest BCUT2D eigenvalue weighted by Crippen LogP contribution is -2.40. The zero-order valence-electron chi connectivity index (χ0n) is 12.2. The molecule has 2 aliphatic carbocycles. The minimum absolute atomic E-state index is 0.0155. The second kappa shape index (κ2) is 6.22. The number of aromatic amines is 1. The predicted molar refractivity (Wildman–Crippen MR) is 82.1 cm³/mol. The highest BCUT2D eigenvalue weighted by molar-refractivity contribution is 7.99. The molecule has 6 heteroatoms. The Morgan fingerprint density at radius 2 is 2.38 bits per heavy atom. The standard InChI is InChI=1S/C15H21N3O2S/c1-9(12-7-10-2-3-11(12)6-10)17-14(20)8-21-15-16-5-4-13(19)18-15/h4-5,9-12H,2-3,6-8H2,1H3,(H,17,20)(H,16,18,19)/t9-,10+,11+,12+/m1/s1. The first-order chi connectivity index (χ1) is 10.1. The zero-order chi connectivity index (χ0) is 14.8.